The fraction of sp³-hybridized carbons (Fsp3) is 0.179. The normalized spacial score (nSPS) is 11.2. The fourth-order valence-electron chi connectivity index (χ4n) is 3.98. The second kappa shape index (κ2) is 10.6. The molecule has 0 aromatic heterocycles. The zero-order chi connectivity index (χ0) is 24.9. The third-order valence-corrected chi connectivity index (χ3v) is 6.24. The van der Waals surface area contributed by atoms with E-state index in [2.05, 4.69) is 34.3 Å². The fourth-order valence-corrected chi connectivity index (χ4v) is 4.28. The molecule has 35 heavy (non-hydrogen) atoms. The number of azo groups is 1. The standard InChI is InChI=1S/C28H27ClN4O2/c1-4-33(5-2)25-15-14-20(17-23(25)29)31-32-26-21-12-8-7-11-19(21)16-22(27(26)34)28(35)30-24-13-9-6-10-18(24)3/h6-17,34H,4-5H2,1-3H3,(H,30,35). The SMILES string of the molecule is CCN(CC)c1ccc(N=Nc2c(O)c(C(=O)Nc3ccccc3C)cc3ccccc23)cc1Cl. The Labute approximate surface area is 209 Å². The summed E-state index contributed by atoms with van der Waals surface area (Å²) in [7, 11) is 0. The highest BCUT2D eigenvalue weighted by molar-refractivity contribution is 6.33. The van der Waals surface area contributed by atoms with Crippen LogP contribution in [0.2, 0.25) is 5.02 Å². The number of benzene rings is 4. The Bertz CT molecular complexity index is 1410. The van der Waals surface area contributed by atoms with Gasteiger partial charge in [0.25, 0.3) is 5.91 Å². The number of rotatable bonds is 7. The van der Waals surface area contributed by atoms with Gasteiger partial charge in [-0.05, 0) is 62.1 Å². The van der Waals surface area contributed by atoms with Crippen molar-refractivity contribution in [3.05, 3.63) is 88.9 Å². The van der Waals surface area contributed by atoms with E-state index >= 15 is 0 Å². The van der Waals surface area contributed by atoms with E-state index in [-0.39, 0.29) is 17.0 Å². The van der Waals surface area contributed by atoms with E-state index in [1.54, 1.807) is 12.1 Å². The number of fused-ring (bicyclic) bond motifs is 1. The number of phenols is 1. The van der Waals surface area contributed by atoms with Gasteiger partial charge in [0, 0.05) is 24.2 Å². The minimum absolute atomic E-state index is 0.121. The summed E-state index contributed by atoms with van der Waals surface area (Å²) in [6, 6.07) is 22.0. The maximum Gasteiger partial charge on any atom is 0.259 e. The van der Waals surface area contributed by atoms with Gasteiger partial charge in [-0.3, -0.25) is 4.79 Å². The molecule has 0 aliphatic carbocycles. The number of halogens is 1. The van der Waals surface area contributed by atoms with Crippen LogP contribution in [0.1, 0.15) is 29.8 Å². The Morgan fingerprint density at radius 3 is 2.40 bits per heavy atom. The number of amides is 1. The summed E-state index contributed by atoms with van der Waals surface area (Å²) in [4.78, 5) is 15.2. The van der Waals surface area contributed by atoms with Gasteiger partial charge in [0.1, 0.15) is 5.69 Å². The molecule has 0 fully saturated rings. The van der Waals surface area contributed by atoms with Crippen molar-refractivity contribution < 1.29 is 9.90 Å². The molecule has 6 nitrogen and oxygen atoms in total. The van der Waals surface area contributed by atoms with Crippen molar-refractivity contribution in [3.8, 4) is 5.75 Å². The second-order valence-corrected chi connectivity index (χ2v) is 8.53. The molecule has 0 aliphatic heterocycles. The Kier molecular flexibility index (Phi) is 7.32. The number of aromatic hydroxyl groups is 1. The molecule has 0 saturated heterocycles. The van der Waals surface area contributed by atoms with Crippen LogP contribution in [0.15, 0.2) is 83.0 Å². The Morgan fingerprint density at radius 2 is 1.69 bits per heavy atom. The van der Waals surface area contributed by atoms with Crippen molar-refractivity contribution in [1.82, 2.24) is 0 Å². The number of carbonyl (C=O) groups is 1. The van der Waals surface area contributed by atoms with Gasteiger partial charge in [0.15, 0.2) is 5.75 Å². The number of para-hydroxylation sites is 1. The molecule has 4 aromatic rings. The first kappa shape index (κ1) is 24.2. The summed E-state index contributed by atoms with van der Waals surface area (Å²) in [6.07, 6.45) is 0. The molecule has 0 radical (unpaired) electrons. The number of nitrogens with one attached hydrogen (secondary N) is 1. The van der Waals surface area contributed by atoms with Crippen LogP contribution in [0.4, 0.5) is 22.7 Å². The molecule has 4 aromatic carbocycles. The van der Waals surface area contributed by atoms with E-state index in [0.717, 1.165) is 29.7 Å². The van der Waals surface area contributed by atoms with Crippen LogP contribution in [0.5, 0.6) is 5.75 Å². The van der Waals surface area contributed by atoms with Gasteiger partial charge in [-0.15, -0.1) is 5.11 Å². The van der Waals surface area contributed by atoms with Gasteiger partial charge >= 0.3 is 0 Å². The minimum Gasteiger partial charge on any atom is -0.505 e. The second-order valence-electron chi connectivity index (χ2n) is 8.12. The van der Waals surface area contributed by atoms with Crippen molar-refractivity contribution in [3.63, 3.8) is 0 Å². The summed E-state index contributed by atoms with van der Waals surface area (Å²) < 4.78 is 0. The van der Waals surface area contributed by atoms with Crippen molar-refractivity contribution in [2.24, 2.45) is 10.2 Å². The molecular weight excluding hydrogens is 460 g/mol. The summed E-state index contributed by atoms with van der Waals surface area (Å²) in [5.41, 5.74) is 3.42. The molecule has 0 saturated carbocycles. The number of aryl methyl sites for hydroxylation is 1. The lowest BCUT2D eigenvalue weighted by atomic mass is 10.0. The van der Waals surface area contributed by atoms with Crippen molar-refractivity contribution in [1.29, 1.82) is 0 Å². The van der Waals surface area contributed by atoms with Crippen molar-refractivity contribution >= 4 is 51.0 Å². The van der Waals surface area contributed by atoms with E-state index in [1.807, 2.05) is 67.6 Å². The maximum atomic E-state index is 13.1. The number of phenolic OH excluding ortho intramolecular Hbond substituents is 1. The lowest BCUT2D eigenvalue weighted by Crippen LogP contribution is -2.21. The van der Waals surface area contributed by atoms with Crippen LogP contribution in [-0.4, -0.2) is 24.1 Å². The number of anilines is 2. The number of carbonyl (C=O) groups excluding carboxylic acids is 1. The van der Waals surface area contributed by atoms with Crippen LogP contribution in [0.3, 0.4) is 0 Å². The molecule has 178 valence electrons. The minimum atomic E-state index is -0.425. The van der Waals surface area contributed by atoms with E-state index in [9.17, 15) is 9.90 Å². The van der Waals surface area contributed by atoms with Gasteiger partial charge in [-0.2, -0.15) is 5.11 Å². The van der Waals surface area contributed by atoms with Crippen molar-refractivity contribution in [2.45, 2.75) is 20.8 Å². The van der Waals surface area contributed by atoms with Gasteiger partial charge < -0.3 is 15.3 Å². The van der Waals surface area contributed by atoms with Crippen LogP contribution in [-0.2, 0) is 0 Å². The number of hydrogen-bond donors (Lipinski definition) is 2. The molecule has 0 bridgehead atoms. The monoisotopic (exact) mass is 486 g/mol. The van der Waals surface area contributed by atoms with E-state index in [4.69, 9.17) is 11.6 Å². The zero-order valence-electron chi connectivity index (χ0n) is 19.9. The average Bonchev–Trinajstić information content (AvgIpc) is 2.86. The Hall–Kier alpha value is -3.90. The molecule has 0 unspecified atom stereocenters. The predicted octanol–water partition coefficient (Wildman–Crippen LogP) is 8.02. The molecule has 2 N–H and O–H groups in total. The molecule has 0 heterocycles. The van der Waals surface area contributed by atoms with Crippen LogP contribution >= 0.6 is 11.6 Å². The first-order valence-electron chi connectivity index (χ1n) is 11.5. The lowest BCUT2D eigenvalue weighted by molar-refractivity contribution is 0.102. The molecular formula is C28H27ClN4O2. The maximum absolute atomic E-state index is 13.1. The first-order valence-corrected chi connectivity index (χ1v) is 11.9. The third-order valence-electron chi connectivity index (χ3n) is 5.93. The smallest absolute Gasteiger partial charge is 0.259 e. The Morgan fingerprint density at radius 1 is 0.971 bits per heavy atom. The molecule has 0 spiro atoms. The zero-order valence-corrected chi connectivity index (χ0v) is 20.7. The van der Waals surface area contributed by atoms with E-state index < -0.39 is 5.91 Å². The quantitative estimate of drug-likeness (QED) is 0.259. The summed E-state index contributed by atoms with van der Waals surface area (Å²) >= 11 is 6.50. The van der Waals surface area contributed by atoms with E-state index in [1.165, 1.54) is 0 Å². The van der Waals surface area contributed by atoms with Crippen LogP contribution in [0.25, 0.3) is 10.8 Å². The highest BCUT2D eigenvalue weighted by atomic mass is 35.5. The number of nitrogens with zero attached hydrogens (tertiary/aromatic N) is 3. The van der Waals surface area contributed by atoms with Crippen LogP contribution < -0.4 is 10.2 Å². The molecule has 0 aliphatic rings. The van der Waals surface area contributed by atoms with Gasteiger partial charge in [-0.25, -0.2) is 0 Å². The summed E-state index contributed by atoms with van der Waals surface area (Å²) in [5.74, 6) is -0.657. The third kappa shape index (κ3) is 5.12. The van der Waals surface area contributed by atoms with Gasteiger partial charge in [-0.1, -0.05) is 54.1 Å². The molecule has 7 heteroatoms. The molecule has 4 rings (SSSR count). The highest BCUT2D eigenvalue weighted by Gasteiger charge is 2.19. The molecule has 0 atom stereocenters. The van der Waals surface area contributed by atoms with Gasteiger partial charge in [0.2, 0.25) is 0 Å². The number of hydrogen-bond acceptors (Lipinski definition) is 5. The summed E-state index contributed by atoms with van der Waals surface area (Å²) in [5, 5.41) is 24.7. The first-order chi connectivity index (χ1) is 16.9. The predicted molar refractivity (Wildman–Crippen MR) is 144 cm³/mol. The van der Waals surface area contributed by atoms with Crippen molar-refractivity contribution in [2.75, 3.05) is 23.3 Å². The topological polar surface area (TPSA) is 77.3 Å². The van der Waals surface area contributed by atoms with Gasteiger partial charge in [0.05, 0.1) is 22.0 Å². The largest absolute Gasteiger partial charge is 0.505 e. The van der Waals surface area contributed by atoms with Crippen LogP contribution in [0, 0.1) is 6.92 Å². The summed E-state index contributed by atoms with van der Waals surface area (Å²) in [6.45, 7) is 7.74. The lowest BCUT2D eigenvalue weighted by Gasteiger charge is -2.22. The molecule has 1 amide bonds. The average molecular weight is 487 g/mol. The highest BCUT2D eigenvalue weighted by Crippen LogP contribution is 2.40. The Balaban J connectivity index is 1.73. The van der Waals surface area contributed by atoms with E-state index in [0.29, 0.717) is 21.8 Å².